The van der Waals surface area contributed by atoms with Gasteiger partial charge in [-0.3, -0.25) is 4.79 Å². The Morgan fingerprint density at radius 2 is 2.18 bits per heavy atom. The second-order valence-corrected chi connectivity index (χ2v) is 5.27. The Labute approximate surface area is 125 Å². The van der Waals surface area contributed by atoms with E-state index in [1.54, 1.807) is 6.92 Å². The van der Waals surface area contributed by atoms with Gasteiger partial charge >= 0.3 is 0 Å². The highest BCUT2D eigenvalue weighted by atomic mass is 19.1. The highest BCUT2D eigenvalue weighted by molar-refractivity contribution is 5.94. The molecule has 116 valence electrons. The molecule has 7 heteroatoms. The molecular weight excluding hydrogens is 292 g/mol. The molecule has 0 unspecified atom stereocenters. The lowest BCUT2D eigenvalue weighted by Gasteiger charge is -2.19. The van der Waals surface area contributed by atoms with Crippen LogP contribution in [0, 0.1) is 11.6 Å². The van der Waals surface area contributed by atoms with Crippen LogP contribution >= 0.6 is 0 Å². The minimum absolute atomic E-state index is 0.0987. The van der Waals surface area contributed by atoms with Gasteiger partial charge in [0.05, 0.1) is 12.1 Å². The van der Waals surface area contributed by atoms with Crippen molar-refractivity contribution in [2.24, 2.45) is 0 Å². The van der Waals surface area contributed by atoms with Crippen molar-refractivity contribution in [2.45, 2.75) is 32.2 Å². The van der Waals surface area contributed by atoms with Gasteiger partial charge in [-0.1, -0.05) is 5.16 Å². The highest BCUT2D eigenvalue weighted by Gasteiger charge is 2.30. The van der Waals surface area contributed by atoms with Gasteiger partial charge in [-0.2, -0.15) is 4.98 Å². The van der Waals surface area contributed by atoms with Gasteiger partial charge in [0.15, 0.2) is 5.82 Å². The average Bonchev–Trinajstić information content (AvgIpc) is 3.26. The molecule has 0 aliphatic heterocycles. The summed E-state index contributed by atoms with van der Waals surface area (Å²) in [5.41, 5.74) is -0.298. The van der Waals surface area contributed by atoms with Gasteiger partial charge in [-0.15, -0.1) is 0 Å². The molecule has 2 aromatic rings. The highest BCUT2D eigenvalue weighted by Crippen LogP contribution is 2.38. The first-order valence-corrected chi connectivity index (χ1v) is 7.15. The summed E-state index contributed by atoms with van der Waals surface area (Å²) in [5, 5.41) is 3.83. The van der Waals surface area contributed by atoms with Crippen LogP contribution < -0.4 is 0 Å². The third-order valence-electron chi connectivity index (χ3n) is 3.57. The zero-order valence-electron chi connectivity index (χ0n) is 12.1. The van der Waals surface area contributed by atoms with E-state index < -0.39 is 17.5 Å². The van der Waals surface area contributed by atoms with Crippen molar-refractivity contribution >= 4 is 5.91 Å². The van der Waals surface area contributed by atoms with Crippen LogP contribution in [0.1, 0.15) is 47.8 Å². The summed E-state index contributed by atoms with van der Waals surface area (Å²) in [7, 11) is 0. The van der Waals surface area contributed by atoms with E-state index in [4.69, 9.17) is 4.52 Å². The number of aromatic nitrogens is 2. The quantitative estimate of drug-likeness (QED) is 0.852. The minimum atomic E-state index is -0.753. The smallest absolute Gasteiger partial charge is 0.257 e. The number of rotatable bonds is 5. The summed E-state index contributed by atoms with van der Waals surface area (Å²) in [6.45, 7) is 2.17. The zero-order valence-corrected chi connectivity index (χ0v) is 12.1. The summed E-state index contributed by atoms with van der Waals surface area (Å²) in [6, 6.07) is 2.81. The molecule has 0 spiro atoms. The average molecular weight is 307 g/mol. The largest absolute Gasteiger partial charge is 0.339 e. The monoisotopic (exact) mass is 307 g/mol. The molecule has 0 atom stereocenters. The number of carbonyl (C=O) groups is 1. The number of hydrogen-bond donors (Lipinski definition) is 0. The van der Waals surface area contributed by atoms with Crippen LogP contribution in [0.25, 0.3) is 0 Å². The molecule has 0 saturated heterocycles. The third-order valence-corrected chi connectivity index (χ3v) is 3.57. The molecule has 5 nitrogen and oxygen atoms in total. The summed E-state index contributed by atoms with van der Waals surface area (Å²) in [6.07, 6.45) is 2.07. The van der Waals surface area contributed by atoms with Crippen LogP contribution in [0.2, 0.25) is 0 Å². The van der Waals surface area contributed by atoms with Gasteiger partial charge in [0.1, 0.15) is 11.6 Å². The molecule has 1 fully saturated rings. The lowest BCUT2D eigenvalue weighted by molar-refractivity contribution is 0.0742. The van der Waals surface area contributed by atoms with Crippen molar-refractivity contribution < 1.29 is 18.1 Å². The van der Waals surface area contributed by atoms with Crippen molar-refractivity contribution in [3.63, 3.8) is 0 Å². The summed E-state index contributed by atoms with van der Waals surface area (Å²) in [4.78, 5) is 17.9. The first kappa shape index (κ1) is 14.6. The lowest BCUT2D eigenvalue weighted by Crippen LogP contribution is -2.31. The number of benzene rings is 1. The molecule has 1 aromatic heterocycles. The van der Waals surface area contributed by atoms with E-state index >= 15 is 0 Å². The van der Waals surface area contributed by atoms with Crippen LogP contribution in [-0.4, -0.2) is 27.5 Å². The molecule has 1 heterocycles. The van der Waals surface area contributed by atoms with Crippen molar-refractivity contribution in [3.8, 4) is 0 Å². The maximum atomic E-state index is 13.7. The van der Waals surface area contributed by atoms with Gasteiger partial charge < -0.3 is 9.42 Å². The maximum absolute atomic E-state index is 13.7. The standard InChI is InChI=1S/C15H15F2N3O2/c1-2-20(8-13-18-14(22-19-13)9-3-4-9)15(21)11-7-10(16)5-6-12(11)17/h5-7,9H,2-4,8H2,1H3. The Morgan fingerprint density at radius 3 is 2.86 bits per heavy atom. The summed E-state index contributed by atoms with van der Waals surface area (Å²) < 4.78 is 32.1. The molecule has 1 aromatic carbocycles. The van der Waals surface area contributed by atoms with Gasteiger partial charge in [0, 0.05) is 12.5 Å². The van der Waals surface area contributed by atoms with Crippen molar-refractivity contribution in [2.75, 3.05) is 6.54 Å². The predicted octanol–water partition coefficient (Wildman–Crippen LogP) is 2.89. The number of halogens is 2. The number of carbonyl (C=O) groups excluding carboxylic acids is 1. The van der Waals surface area contributed by atoms with E-state index in [1.165, 1.54) is 4.90 Å². The Morgan fingerprint density at radius 1 is 1.41 bits per heavy atom. The molecule has 0 N–H and O–H groups in total. The molecule has 1 amide bonds. The first-order chi connectivity index (χ1) is 10.6. The van der Waals surface area contributed by atoms with E-state index in [0.717, 1.165) is 31.0 Å². The predicted molar refractivity (Wildman–Crippen MR) is 73.0 cm³/mol. The van der Waals surface area contributed by atoms with Crippen molar-refractivity contribution in [1.29, 1.82) is 0 Å². The van der Waals surface area contributed by atoms with E-state index in [0.29, 0.717) is 24.2 Å². The summed E-state index contributed by atoms with van der Waals surface area (Å²) >= 11 is 0. The Kier molecular flexibility index (Phi) is 3.87. The second kappa shape index (κ2) is 5.82. The molecular formula is C15H15F2N3O2. The Hall–Kier alpha value is -2.31. The number of hydrogen-bond acceptors (Lipinski definition) is 4. The summed E-state index contributed by atoms with van der Waals surface area (Å²) in [5.74, 6) is -0.734. The van der Waals surface area contributed by atoms with E-state index in [-0.39, 0.29) is 12.1 Å². The van der Waals surface area contributed by atoms with Crippen molar-refractivity contribution in [3.05, 3.63) is 47.1 Å². The van der Waals surface area contributed by atoms with E-state index in [9.17, 15) is 13.6 Å². The maximum Gasteiger partial charge on any atom is 0.257 e. The van der Waals surface area contributed by atoms with Crippen LogP contribution in [0.4, 0.5) is 8.78 Å². The molecule has 1 aliphatic rings. The SMILES string of the molecule is CCN(Cc1noc(C2CC2)n1)C(=O)c1cc(F)ccc1F. The fourth-order valence-electron chi connectivity index (χ4n) is 2.16. The Bertz CT molecular complexity index is 698. The van der Waals surface area contributed by atoms with Gasteiger partial charge in [-0.25, -0.2) is 8.78 Å². The normalized spacial score (nSPS) is 14.1. The molecule has 0 bridgehead atoms. The fraction of sp³-hybridized carbons (Fsp3) is 0.400. The van der Waals surface area contributed by atoms with Crippen LogP contribution in [0.3, 0.4) is 0 Å². The topological polar surface area (TPSA) is 59.2 Å². The second-order valence-electron chi connectivity index (χ2n) is 5.27. The number of amides is 1. The van der Waals surface area contributed by atoms with Crippen LogP contribution in [-0.2, 0) is 6.54 Å². The third kappa shape index (κ3) is 2.98. The van der Waals surface area contributed by atoms with Crippen molar-refractivity contribution in [1.82, 2.24) is 15.0 Å². The van der Waals surface area contributed by atoms with Crippen LogP contribution in [0.15, 0.2) is 22.7 Å². The van der Waals surface area contributed by atoms with Gasteiger partial charge in [0.2, 0.25) is 5.89 Å². The lowest BCUT2D eigenvalue weighted by atomic mass is 10.1. The van der Waals surface area contributed by atoms with Crippen LogP contribution in [0.5, 0.6) is 0 Å². The molecule has 1 saturated carbocycles. The molecule has 0 radical (unpaired) electrons. The first-order valence-electron chi connectivity index (χ1n) is 7.15. The van der Waals surface area contributed by atoms with Gasteiger partial charge in [0.25, 0.3) is 5.91 Å². The fourth-order valence-corrected chi connectivity index (χ4v) is 2.16. The molecule has 3 rings (SSSR count). The van der Waals surface area contributed by atoms with Gasteiger partial charge in [-0.05, 0) is 38.0 Å². The number of nitrogens with zero attached hydrogens (tertiary/aromatic N) is 3. The van der Waals surface area contributed by atoms with E-state index in [1.807, 2.05) is 0 Å². The zero-order chi connectivity index (χ0) is 15.7. The molecule has 22 heavy (non-hydrogen) atoms. The molecule has 1 aliphatic carbocycles. The van der Waals surface area contributed by atoms with E-state index in [2.05, 4.69) is 10.1 Å². The Balaban J connectivity index is 1.77. The minimum Gasteiger partial charge on any atom is -0.339 e.